The van der Waals surface area contributed by atoms with Gasteiger partial charge in [0.2, 0.25) is 10.0 Å². The second kappa shape index (κ2) is 8.49. The highest BCUT2D eigenvalue weighted by atomic mass is 127. The Morgan fingerprint density at radius 1 is 1.15 bits per heavy atom. The van der Waals surface area contributed by atoms with E-state index in [1.807, 2.05) is 32.9 Å². The van der Waals surface area contributed by atoms with Crippen molar-refractivity contribution in [2.45, 2.75) is 38.3 Å². The van der Waals surface area contributed by atoms with Gasteiger partial charge in [0.05, 0.1) is 10.5 Å². The number of nitrogens with zero attached hydrogens (tertiary/aromatic N) is 1. The molecule has 1 amide bonds. The first kappa shape index (κ1) is 20.9. The minimum Gasteiger partial charge on any atom is -0.348 e. The summed E-state index contributed by atoms with van der Waals surface area (Å²) in [5, 5.41) is 2.88. The molecule has 0 bridgehead atoms. The lowest BCUT2D eigenvalue weighted by atomic mass is 10.1. The Labute approximate surface area is 169 Å². The molecule has 7 heteroatoms. The molecule has 0 heterocycles. The zero-order chi connectivity index (χ0) is 19.5. The monoisotopic (exact) mass is 486 g/mol. The molecule has 0 aliphatic heterocycles. The van der Waals surface area contributed by atoms with Crippen molar-refractivity contribution < 1.29 is 13.2 Å². The number of carbonyl (C=O) groups excluding carboxylic acids is 1. The molecule has 0 radical (unpaired) electrons. The summed E-state index contributed by atoms with van der Waals surface area (Å²) in [6.45, 7) is 5.96. The summed E-state index contributed by atoms with van der Waals surface area (Å²) in [5.41, 5.74) is 2.54. The lowest BCUT2D eigenvalue weighted by molar-refractivity contribution is 0.0950. The standard InChI is InChI=1S/C19H23IN2O3S/c1-13(2)22(4)26(24,25)16-10-8-15(9-11-16)12-21-19(23)17-7-5-6-14(3)18(17)20/h5-11,13H,12H2,1-4H3,(H,21,23). The Morgan fingerprint density at radius 2 is 1.77 bits per heavy atom. The SMILES string of the molecule is Cc1cccc(C(=O)NCc2ccc(S(=O)(=O)N(C)C(C)C)cc2)c1I. The van der Waals surface area contributed by atoms with Crippen LogP contribution in [0.4, 0.5) is 0 Å². The van der Waals surface area contributed by atoms with Gasteiger partial charge in [0, 0.05) is 23.2 Å². The van der Waals surface area contributed by atoms with E-state index in [9.17, 15) is 13.2 Å². The van der Waals surface area contributed by atoms with Crippen LogP contribution in [0.25, 0.3) is 0 Å². The molecule has 140 valence electrons. The van der Waals surface area contributed by atoms with Crippen LogP contribution >= 0.6 is 22.6 Å². The van der Waals surface area contributed by atoms with Crippen LogP contribution in [-0.4, -0.2) is 31.7 Å². The number of halogens is 1. The van der Waals surface area contributed by atoms with Crippen LogP contribution in [0.5, 0.6) is 0 Å². The van der Waals surface area contributed by atoms with Crippen LogP contribution in [0.1, 0.15) is 35.3 Å². The molecule has 0 aromatic heterocycles. The third kappa shape index (κ3) is 4.63. The maximum Gasteiger partial charge on any atom is 0.252 e. The molecule has 5 nitrogen and oxygen atoms in total. The molecule has 0 spiro atoms. The number of sulfonamides is 1. The number of hydrogen-bond acceptors (Lipinski definition) is 3. The lowest BCUT2D eigenvalue weighted by Crippen LogP contribution is -2.33. The van der Waals surface area contributed by atoms with E-state index >= 15 is 0 Å². The zero-order valence-electron chi connectivity index (χ0n) is 15.3. The third-order valence-electron chi connectivity index (χ3n) is 4.22. The normalized spacial score (nSPS) is 11.8. The fraction of sp³-hybridized carbons (Fsp3) is 0.316. The summed E-state index contributed by atoms with van der Waals surface area (Å²) in [6, 6.07) is 12.1. The summed E-state index contributed by atoms with van der Waals surface area (Å²) in [6.07, 6.45) is 0. The van der Waals surface area contributed by atoms with E-state index in [1.165, 1.54) is 4.31 Å². The molecule has 2 rings (SSSR count). The molecule has 1 N–H and O–H groups in total. The maximum absolute atomic E-state index is 12.5. The van der Waals surface area contributed by atoms with Crippen LogP contribution < -0.4 is 5.32 Å². The van der Waals surface area contributed by atoms with Crippen molar-refractivity contribution >= 4 is 38.5 Å². The van der Waals surface area contributed by atoms with Gasteiger partial charge in [-0.3, -0.25) is 4.79 Å². The smallest absolute Gasteiger partial charge is 0.252 e. The Balaban J connectivity index is 2.08. The minimum atomic E-state index is -3.49. The molecule has 0 saturated heterocycles. The van der Waals surface area contributed by atoms with E-state index in [-0.39, 0.29) is 16.8 Å². The number of carbonyl (C=O) groups is 1. The molecule has 0 saturated carbocycles. The van der Waals surface area contributed by atoms with Crippen molar-refractivity contribution in [2.75, 3.05) is 7.05 Å². The van der Waals surface area contributed by atoms with Crippen molar-refractivity contribution in [2.24, 2.45) is 0 Å². The first-order chi connectivity index (χ1) is 12.1. The molecular weight excluding hydrogens is 463 g/mol. The van der Waals surface area contributed by atoms with E-state index in [2.05, 4.69) is 27.9 Å². The maximum atomic E-state index is 12.5. The largest absolute Gasteiger partial charge is 0.348 e. The fourth-order valence-electron chi connectivity index (χ4n) is 2.32. The highest BCUT2D eigenvalue weighted by molar-refractivity contribution is 14.1. The number of nitrogens with one attached hydrogen (secondary N) is 1. The summed E-state index contributed by atoms with van der Waals surface area (Å²) >= 11 is 2.17. The molecular formula is C19H23IN2O3S. The average Bonchev–Trinajstić information content (AvgIpc) is 2.61. The fourth-order valence-corrected chi connectivity index (χ4v) is 4.30. The number of rotatable bonds is 6. The summed E-state index contributed by atoms with van der Waals surface area (Å²) < 4.78 is 27.2. The quantitative estimate of drug-likeness (QED) is 0.636. The number of hydrogen-bond donors (Lipinski definition) is 1. The number of amides is 1. The summed E-state index contributed by atoms with van der Waals surface area (Å²) in [7, 11) is -1.93. The number of aryl methyl sites for hydroxylation is 1. The van der Waals surface area contributed by atoms with Gasteiger partial charge in [-0.1, -0.05) is 24.3 Å². The van der Waals surface area contributed by atoms with Gasteiger partial charge in [-0.05, 0) is 72.7 Å². The van der Waals surface area contributed by atoms with Crippen molar-refractivity contribution in [1.29, 1.82) is 0 Å². The minimum absolute atomic E-state index is 0.115. The van der Waals surface area contributed by atoms with E-state index in [4.69, 9.17) is 0 Å². The van der Waals surface area contributed by atoms with Gasteiger partial charge in [-0.15, -0.1) is 0 Å². The van der Waals surface area contributed by atoms with Gasteiger partial charge < -0.3 is 5.32 Å². The molecule has 2 aromatic rings. The first-order valence-corrected chi connectivity index (χ1v) is 10.8. The Morgan fingerprint density at radius 3 is 2.35 bits per heavy atom. The van der Waals surface area contributed by atoms with Crippen molar-refractivity contribution in [3.05, 3.63) is 62.7 Å². The van der Waals surface area contributed by atoms with E-state index in [1.54, 1.807) is 37.4 Å². The van der Waals surface area contributed by atoms with Crippen LogP contribution in [0.15, 0.2) is 47.4 Å². The van der Waals surface area contributed by atoms with Crippen LogP contribution in [0, 0.1) is 10.5 Å². The molecule has 0 unspecified atom stereocenters. The zero-order valence-corrected chi connectivity index (χ0v) is 18.3. The van der Waals surface area contributed by atoms with Crippen LogP contribution in [0.3, 0.4) is 0 Å². The predicted molar refractivity (Wildman–Crippen MR) is 112 cm³/mol. The van der Waals surface area contributed by atoms with E-state index in [0.29, 0.717) is 12.1 Å². The second-order valence-corrected chi connectivity index (χ2v) is 9.45. The number of benzene rings is 2. The van der Waals surface area contributed by atoms with Crippen LogP contribution in [-0.2, 0) is 16.6 Å². The van der Waals surface area contributed by atoms with Gasteiger partial charge in [0.1, 0.15) is 0 Å². The lowest BCUT2D eigenvalue weighted by Gasteiger charge is -2.21. The predicted octanol–water partition coefficient (Wildman–Crippen LogP) is 3.56. The Kier molecular flexibility index (Phi) is 6.81. The molecule has 0 fully saturated rings. The Bertz CT molecular complexity index is 894. The van der Waals surface area contributed by atoms with E-state index < -0.39 is 10.0 Å². The highest BCUT2D eigenvalue weighted by Crippen LogP contribution is 2.18. The van der Waals surface area contributed by atoms with Crippen molar-refractivity contribution in [1.82, 2.24) is 9.62 Å². The molecule has 0 aliphatic rings. The molecule has 2 aromatic carbocycles. The van der Waals surface area contributed by atoms with Gasteiger partial charge in [0.15, 0.2) is 0 Å². The molecule has 0 atom stereocenters. The average molecular weight is 486 g/mol. The van der Waals surface area contributed by atoms with Gasteiger partial charge in [-0.25, -0.2) is 8.42 Å². The van der Waals surface area contributed by atoms with E-state index in [0.717, 1.165) is 14.7 Å². The third-order valence-corrected chi connectivity index (χ3v) is 7.70. The molecule has 26 heavy (non-hydrogen) atoms. The second-order valence-electron chi connectivity index (χ2n) is 6.38. The van der Waals surface area contributed by atoms with Crippen molar-refractivity contribution in [3.63, 3.8) is 0 Å². The van der Waals surface area contributed by atoms with Crippen molar-refractivity contribution in [3.8, 4) is 0 Å². The topological polar surface area (TPSA) is 66.5 Å². The Hall–Kier alpha value is -1.45. The molecule has 0 aliphatic carbocycles. The van der Waals surface area contributed by atoms with Gasteiger partial charge >= 0.3 is 0 Å². The summed E-state index contributed by atoms with van der Waals surface area (Å²) in [4.78, 5) is 12.6. The van der Waals surface area contributed by atoms with Crippen LogP contribution in [0.2, 0.25) is 0 Å². The summed E-state index contributed by atoms with van der Waals surface area (Å²) in [5.74, 6) is -0.144. The first-order valence-electron chi connectivity index (χ1n) is 8.25. The highest BCUT2D eigenvalue weighted by Gasteiger charge is 2.22. The van der Waals surface area contributed by atoms with Gasteiger partial charge in [0.25, 0.3) is 5.91 Å². The van der Waals surface area contributed by atoms with Gasteiger partial charge in [-0.2, -0.15) is 4.31 Å².